The Hall–Kier alpha value is -1.52. The van der Waals surface area contributed by atoms with Gasteiger partial charge in [-0.2, -0.15) is 0 Å². The fraction of sp³-hybridized carbons (Fsp3) is 0.154. The molecule has 0 amide bonds. The van der Waals surface area contributed by atoms with Gasteiger partial charge in [-0.3, -0.25) is 0 Å². The molecule has 0 bridgehead atoms. The Labute approximate surface area is 114 Å². The van der Waals surface area contributed by atoms with Gasteiger partial charge in [0.2, 0.25) is 0 Å². The molecule has 2 N–H and O–H groups in total. The molecule has 0 spiro atoms. The predicted octanol–water partition coefficient (Wildman–Crippen LogP) is 4.02. The van der Waals surface area contributed by atoms with Crippen LogP contribution in [0.15, 0.2) is 29.6 Å². The van der Waals surface area contributed by atoms with Crippen LogP contribution in [0.2, 0.25) is 5.02 Å². The van der Waals surface area contributed by atoms with Crippen molar-refractivity contribution in [2.24, 2.45) is 0 Å². The Bertz CT molecular complexity index is 580. The van der Waals surface area contributed by atoms with Crippen LogP contribution in [0.4, 0.5) is 5.69 Å². The molecule has 0 saturated heterocycles. The summed E-state index contributed by atoms with van der Waals surface area (Å²) in [6.07, 6.45) is 0. The second kappa shape index (κ2) is 5.42. The van der Waals surface area contributed by atoms with E-state index in [4.69, 9.17) is 16.7 Å². The highest BCUT2D eigenvalue weighted by Crippen LogP contribution is 2.25. The van der Waals surface area contributed by atoms with Crippen molar-refractivity contribution in [3.05, 3.63) is 50.7 Å². The number of rotatable bonds is 4. The Kier molecular flexibility index (Phi) is 3.89. The summed E-state index contributed by atoms with van der Waals surface area (Å²) in [7, 11) is 0. The number of aryl methyl sites for hydroxylation is 1. The molecule has 0 unspecified atom stereocenters. The summed E-state index contributed by atoms with van der Waals surface area (Å²) in [5, 5.41) is 14.5. The summed E-state index contributed by atoms with van der Waals surface area (Å²) in [5.74, 6) is -0.974. The van der Waals surface area contributed by atoms with Crippen LogP contribution >= 0.6 is 22.9 Å². The molecule has 5 heteroatoms. The molecule has 2 aromatic rings. The molecule has 1 heterocycles. The van der Waals surface area contributed by atoms with Crippen molar-refractivity contribution in [2.75, 3.05) is 5.32 Å². The van der Waals surface area contributed by atoms with E-state index in [9.17, 15) is 4.79 Å². The van der Waals surface area contributed by atoms with E-state index in [-0.39, 0.29) is 5.56 Å². The van der Waals surface area contributed by atoms with Gasteiger partial charge in [-0.15, -0.1) is 11.3 Å². The molecule has 0 saturated carbocycles. The van der Waals surface area contributed by atoms with Crippen LogP contribution in [0.25, 0.3) is 0 Å². The number of carboxylic acids is 1. The van der Waals surface area contributed by atoms with E-state index < -0.39 is 5.97 Å². The standard InChI is InChI=1S/C13H12ClNO2S/c1-8-4-5-18-12(8)7-15-11-3-2-9(13(16)17)6-10(11)14/h2-6,15H,7H2,1H3,(H,16,17). The van der Waals surface area contributed by atoms with Crippen LogP contribution in [-0.2, 0) is 6.54 Å². The lowest BCUT2D eigenvalue weighted by Gasteiger charge is -2.08. The van der Waals surface area contributed by atoms with Gasteiger partial charge in [0.05, 0.1) is 16.3 Å². The van der Waals surface area contributed by atoms with Crippen LogP contribution in [-0.4, -0.2) is 11.1 Å². The van der Waals surface area contributed by atoms with Gasteiger partial charge in [0.1, 0.15) is 0 Å². The SMILES string of the molecule is Cc1ccsc1CNc1ccc(C(=O)O)cc1Cl. The smallest absolute Gasteiger partial charge is 0.335 e. The van der Waals surface area contributed by atoms with Crippen LogP contribution < -0.4 is 5.32 Å². The summed E-state index contributed by atoms with van der Waals surface area (Å²) in [4.78, 5) is 12.0. The second-order valence-corrected chi connectivity index (χ2v) is 5.29. The van der Waals surface area contributed by atoms with E-state index in [1.807, 2.05) is 5.38 Å². The van der Waals surface area contributed by atoms with Crippen molar-refractivity contribution < 1.29 is 9.90 Å². The van der Waals surface area contributed by atoms with Crippen molar-refractivity contribution in [3.63, 3.8) is 0 Å². The minimum absolute atomic E-state index is 0.192. The number of carbonyl (C=O) groups is 1. The van der Waals surface area contributed by atoms with Gasteiger partial charge in [0, 0.05) is 11.4 Å². The maximum Gasteiger partial charge on any atom is 0.335 e. The number of benzene rings is 1. The second-order valence-electron chi connectivity index (χ2n) is 3.88. The molecule has 0 atom stereocenters. The normalized spacial score (nSPS) is 10.3. The Morgan fingerprint density at radius 3 is 2.78 bits per heavy atom. The molecule has 0 aliphatic heterocycles. The first kappa shape index (κ1) is 12.9. The molecule has 18 heavy (non-hydrogen) atoms. The van der Waals surface area contributed by atoms with Gasteiger partial charge < -0.3 is 10.4 Å². The highest BCUT2D eigenvalue weighted by Gasteiger charge is 2.07. The lowest BCUT2D eigenvalue weighted by Crippen LogP contribution is -2.01. The van der Waals surface area contributed by atoms with Gasteiger partial charge >= 0.3 is 5.97 Å². The maximum atomic E-state index is 10.8. The third kappa shape index (κ3) is 2.83. The average molecular weight is 282 g/mol. The number of hydrogen-bond acceptors (Lipinski definition) is 3. The molecule has 0 aliphatic carbocycles. The summed E-state index contributed by atoms with van der Waals surface area (Å²) >= 11 is 7.71. The zero-order chi connectivity index (χ0) is 13.1. The highest BCUT2D eigenvalue weighted by molar-refractivity contribution is 7.10. The molecule has 1 aromatic carbocycles. The van der Waals surface area contributed by atoms with E-state index in [1.54, 1.807) is 17.4 Å². The third-order valence-electron chi connectivity index (χ3n) is 2.62. The molecule has 0 radical (unpaired) electrons. The summed E-state index contributed by atoms with van der Waals surface area (Å²) in [6.45, 7) is 2.75. The molecule has 0 fully saturated rings. The van der Waals surface area contributed by atoms with Crippen molar-refractivity contribution in [1.82, 2.24) is 0 Å². The van der Waals surface area contributed by atoms with Crippen LogP contribution in [0.5, 0.6) is 0 Å². The van der Waals surface area contributed by atoms with Crippen molar-refractivity contribution in [2.45, 2.75) is 13.5 Å². The van der Waals surface area contributed by atoms with Crippen molar-refractivity contribution in [3.8, 4) is 0 Å². The molecular weight excluding hydrogens is 270 g/mol. The number of carboxylic acid groups (broad SMARTS) is 1. The van der Waals surface area contributed by atoms with Gasteiger partial charge in [-0.05, 0) is 42.1 Å². The summed E-state index contributed by atoms with van der Waals surface area (Å²) in [6, 6.07) is 6.75. The van der Waals surface area contributed by atoms with Crippen LogP contribution in [0.3, 0.4) is 0 Å². The number of thiophene rings is 1. The number of nitrogens with one attached hydrogen (secondary N) is 1. The fourth-order valence-corrected chi connectivity index (χ4v) is 2.65. The first-order valence-corrected chi connectivity index (χ1v) is 6.63. The summed E-state index contributed by atoms with van der Waals surface area (Å²) < 4.78 is 0. The summed E-state index contributed by atoms with van der Waals surface area (Å²) in [5.41, 5.74) is 2.18. The quantitative estimate of drug-likeness (QED) is 0.890. The lowest BCUT2D eigenvalue weighted by atomic mass is 10.2. The van der Waals surface area contributed by atoms with Crippen LogP contribution in [0, 0.1) is 6.92 Å². The van der Waals surface area contributed by atoms with Gasteiger partial charge in [0.15, 0.2) is 0 Å². The first-order chi connectivity index (χ1) is 8.58. The van der Waals surface area contributed by atoms with E-state index in [1.165, 1.54) is 22.6 Å². The predicted molar refractivity (Wildman–Crippen MR) is 74.8 cm³/mol. The monoisotopic (exact) mass is 281 g/mol. The van der Waals surface area contributed by atoms with E-state index >= 15 is 0 Å². The van der Waals surface area contributed by atoms with E-state index in [2.05, 4.69) is 18.3 Å². The molecule has 0 aliphatic rings. The molecule has 2 rings (SSSR count). The zero-order valence-electron chi connectivity index (χ0n) is 9.74. The number of anilines is 1. The van der Waals surface area contributed by atoms with E-state index in [0.29, 0.717) is 11.6 Å². The van der Waals surface area contributed by atoms with Crippen molar-refractivity contribution >= 4 is 34.6 Å². The first-order valence-electron chi connectivity index (χ1n) is 5.37. The Morgan fingerprint density at radius 1 is 1.44 bits per heavy atom. The fourth-order valence-electron chi connectivity index (χ4n) is 1.55. The molecule has 94 valence electrons. The molecular formula is C13H12ClNO2S. The van der Waals surface area contributed by atoms with E-state index in [0.717, 1.165) is 5.69 Å². The minimum Gasteiger partial charge on any atom is -0.478 e. The molecule has 3 nitrogen and oxygen atoms in total. The molecule has 1 aromatic heterocycles. The highest BCUT2D eigenvalue weighted by atomic mass is 35.5. The number of aromatic carboxylic acids is 1. The third-order valence-corrected chi connectivity index (χ3v) is 3.96. The number of hydrogen-bond donors (Lipinski definition) is 2. The van der Waals surface area contributed by atoms with Crippen LogP contribution in [0.1, 0.15) is 20.8 Å². The van der Waals surface area contributed by atoms with Gasteiger partial charge in [-0.25, -0.2) is 4.79 Å². The Balaban J connectivity index is 2.11. The minimum atomic E-state index is -0.974. The topological polar surface area (TPSA) is 49.3 Å². The lowest BCUT2D eigenvalue weighted by molar-refractivity contribution is 0.0697. The van der Waals surface area contributed by atoms with Gasteiger partial charge in [0.25, 0.3) is 0 Å². The zero-order valence-corrected chi connectivity index (χ0v) is 11.3. The number of halogens is 1. The maximum absolute atomic E-state index is 10.8. The Morgan fingerprint density at radius 2 is 2.22 bits per heavy atom. The largest absolute Gasteiger partial charge is 0.478 e. The van der Waals surface area contributed by atoms with Crippen molar-refractivity contribution in [1.29, 1.82) is 0 Å². The van der Waals surface area contributed by atoms with Gasteiger partial charge in [-0.1, -0.05) is 11.6 Å². The average Bonchev–Trinajstić information content (AvgIpc) is 2.73.